The number of aromatic nitrogens is 1. The Morgan fingerprint density at radius 2 is 1.88 bits per heavy atom. The monoisotopic (exact) mass is 293 g/mol. The first-order valence-corrected chi connectivity index (χ1v) is 5.59. The van der Waals surface area contributed by atoms with Crippen molar-refractivity contribution in [3.05, 3.63) is 57.2 Å². The Labute approximate surface area is 106 Å². The summed E-state index contributed by atoms with van der Waals surface area (Å²) < 4.78 is 0.413. The molecule has 0 unspecified atom stereocenters. The first-order valence-electron chi connectivity index (χ1n) is 4.80. The summed E-state index contributed by atoms with van der Waals surface area (Å²) in [5.41, 5.74) is 1.57. The molecule has 1 heterocycles. The van der Waals surface area contributed by atoms with Crippen LogP contribution in [0.3, 0.4) is 0 Å². The molecular weight excluding hydrogens is 286 g/mol. The minimum absolute atomic E-state index is 0.185. The zero-order chi connectivity index (χ0) is 12.3. The van der Waals surface area contributed by atoms with E-state index in [1.807, 2.05) is 30.3 Å². The predicted octanol–water partition coefficient (Wildman–Crippen LogP) is 3.50. The van der Waals surface area contributed by atoms with Crippen molar-refractivity contribution in [1.29, 1.82) is 0 Å². The molecule has 86 valence electrons. The molecule has 0 bridgehead atoms. The Morgan fingerprint density at radius 3 is 2.47 bits per heavy atom. The summed E-state index contributed by atoms with van der Waals surface area (Å²) in [5, 5.41) is 13.6. The number of pyridine rings is 1. The maximum atomic E-state index is 10.5. The average molecular weight is 294 g/mol. The number of nitrogens with zero attached hydrogens (tertiary/aromatic N) is 2. The van der Waals surface area contributed by atoms with Gasteiger partial charge in [-0.15, -0.1) is 0 Å². The van der Waals surface area contributed by atoms with E-state index in [1.54, 1.807) is 6.07 Å². The predicted molar refractivity (Wildman–Crippen MR) is 68.3 cm³/mol. The Hall–Kier alpha value is -1.95. The molecule has 17 heavy (non-hydrogen) atoms. The summed E-state index contributed by atoms with van der Waals surface area (Å²) in [6.07, 6.45) is 0. The highest BCUT2D eigenvalue weighted by Gasteiger charge is 2.12. The normalized spacial score (nSPS) is 9.94. The smallest absolute Gasteiger partial charge is 0.358 e. The van der Waals surface area contributed by atoms with Crippen LogP contribution in [0.1, 0.15) is 0 Å². The van der Waals surface area contributed by atoms with E-state index in [1.165, 1.54) is 6.07 Å². The molecule has 1 N–H and O–H groups in total. The fraction of sp³-hybridized carbons (Fsp3) is 0. The van der Waals surface area contributed by atoms with E-state index in [2.05, 4.69) is 26.2 Å². The molecule has 5 nitrogen and oxygen atoms in total. The van der Waals surface area contributed by atoms with Gasteiger partial charge in [0.2, 0.25) is 4.60 Å². The molecule has 0 saturated heterocycles. The molecule has 6 heteroatoms. The first kappa shape index (κ1) is 11.5. The van der Waals surface area contributed by atoms with Gasteiger partial charge in [-0.3, -0.25) is 0 Å². The molecule has 0 amide bonds. The number of rotatable bonds is 3. The highest BCUT2D eigenvalue weighted by molar-refractivity contribution is 9.10. The molecule has 0 aliphatic heterocycles. The van der Waals surface area contributed by atoms with Gasteiger partial charge in [-0.1, -0.05) is 18.2 Å². The molecular formula is C11H8BrN3O2. The van der Waals surface area contributed by atoms with Gasteiger partial charge in [0.1, 0.15) is 0 Å². The lowest BCUT2D eigenvalue weighted by Gasteiger charge is -2.05. The van der Waals surface area contributed by atoms with Gasteiger partial charge in [0.25, 0.3) is 0 Å². The molecule has 0 fully saturated rings. The summed E-state index contributed by atoms with van der Waals surface area (Å²) in [6, 6.07) is 12.5. The van der Waals surface area contributed by atoms with Crippen molar-refractivity contribution in [2.45, 2.75) is 0 Å². The summed E-state index contributed by atoms with van der Waals surface area (Å²) in [7, 11) is 0. The van der Waals surface area contributed by atoms with E-state index in [9.17, 15) is 10.1 Å². The van der Waals surface area contributed by atoms with E-state index in [0.29, 0.717) is 10.3 Å². The highest BCUT2D eigenvalue weighted by Crippen LogP contribution is 2.26. The van der Waals surface area contributed by atoms with Gasteiger partial charge < -0.3 is 15.4 Å². The van der Waals surface area contributed by atoms with E-state index < -0.39 is 4.92 Å². The summed E-state index contributed by atoms with van der Waals surface area (Å²) in [4.78, 5) is 13.8. The lowest BCUT2D eigenvalue weighted by Crippen LogP contribution is -1.96. The standard InChI is InChI=1S/C11H8BrN3O2/c12-11-9(6-7-10(14-11)15(16)17)13-8-4-2-1-3-5-8/h1-7,13H. The summed E-state index contributed by atoms with van der Waals surface area (Å²) in [5.74, 6) is -0.185. The fourth-order valence-electron chi connectivity index (χ4n) is 1.30. The van der Waals surface area contributed by atoms with Crippen LogP contribution in [-0.4, -0.2) is 9.91 Å². The lowest BCUT2D eigenvalue weighted by molar-refractivity contribution is -0.389. The van der Waals surface area contributed by atoms with Crippen LogP contribution in [0.4, 0.5) is 17.2 Å². The van der Waals surface area contributed by atoms with Crippen LogP contribution in [0, 0.1) is 10.1 Å². The summed E-state index contributed by atoms with van der Waals surface area (Å²) >= 11 is 3.19. The van der Waals surface area contributed by atoms with Crippen molar-refractivity contribution in [2.75, 3.05) is 5.32 Å². The second-order valence-electron chi connectivity index (χ2n) is 3.26. The van der Waals surface area contributed by atoms with E-state index in [-0.39, 0.29) is 5.82 Å². The van der Waals surface area contributed by atoms with E-state index in [0.717, 1.165) is 5.69 Å². The first-order chi connectivity index (χ1) is 8.16. The second-order valence-corrected chi connectivity index (χ2v) is 4.01. The number of anilines is 2. The Kier molecular flexibility index (Phi) is 3.34. The van der Waals surface area contributed by atoms with Gasteiger partial charge >= 0.3 is 5.82 Å². The average Bonchev–Trinajstić information content (AvgIpc) is 2.33. The number of hydrogen-bond acceptors (Lipinski definition) is 4. The van der Waals surface area contributed by atoms with Gasteiger partial charge in [-0.25, -0.2) is 0 Å². The molecule has 2 rings (SSSR count). The Morgan fingerprint density at radius 1 is 1.18 bits per heavy atom. The fourth-order valence-corrected chi connectivity index (χ4v) is 1.71. The van der Waals surface area contributed by atoms with Crippen LogP contribution in [0.15, 0.2) is 47.1 Å². The van der Waals surface area contributed by atoms with Crippen LogP contribution in [0.5, 0.6) is 0 Å². The van der Waals surface area contributed by atoms with Gasteiger partial charge in [0, 0.05) is 27.7 Å². The third-order valence-corrected chi connectivity index (χ3v) is 2.68. The maximum Gasteiger partial charge on any atom is 0.364 e. The van der Waals surface area contributed by atoms with E-state index >= 15 is 0 Å². The highest BCUT2D eigenvalue weighted by atomic mass is 79.9. The molecule has 0 spiro atoms. The van der Waals surface area contributed by atoms with Gasteiger partial charge in [-0.2, -0.15) is 0 Å². The number of hydrogen-bond donors (Lipinski definition) is 1. The van der Waals surface area contributed by atoms with Crippen LogP contribution < -0.4 is 5.32 Å². The largest absolute Gasteiger partial charge is 0.364 e. The SMILES string of the molecule is O=[N+]([O-])c1ccc(Nc2ccccc2)c(Br)n1. The van der Waals surface area contributed by atoms with Crippen LogP contribution in [-0.2, 0) is 0 Å². The van der Waals surface area contributed by atoms with Crippen molar-refractivity contribution < 1.29 is 4.92 Å². The second kappa shape index (κ2) is 4.92. The topological polar surface area (TPSA) is 68.1 Å². The van der Waals surface area contributed by atoms with Crippen molar-refractivity contribution in [2.24, 2.45) is 0 Å². The third kappa shape index (κ3) is 2.79. The van der Waals surface area contributed by atoms with Crippen molar-refractivity contribution in [3.8, 4) is 0 Å². The molecule has 1 aromatic heterocycles. The molecule has 0 aliphatic carbocycles. The molecule has 0 saturated carbocycles. The van der Waals surface area contributed by atoms with E-state index in [4.69, 9.17) is 0 Å². The number of benzene rings is 1. The molecule has 2 aromatic rings. The van der Waals surface area contributed by atoms with Crippen molar-refractivity contribution >= 4 is 33.1 Å². The molecule has 1 aromatic carbocycles. The van der Waals surface area contributed by atoms with Crippen molar-refractivity contribution in [3.63, 3.8) is 0 Å². The number of nitro groups is 1. The lowest BCUT2D eigenvalue weighted by atomic mass is 10.3. The summed E-state index contributed by atoms with van der Waals surface area (Å²) in [6.45, 7) is 0. The van der Waals surface area contributed by atoms with Crippen LogP contribution >= 0.6 is 15.9 Å². The Bertz CT molecular complexity index is 546. The van der Waals surface area contributed by atoms with Crippen LogP contribution in [0.2, 0.25) is 0 Å². The minimum Gasteiger partial charge on any atom is -0.358 e. The van der Waals surface area contributed by atoms with Gasteiger partial charge in [0.15, 0.2) is 0 Å². The molecule has 0 atom stereocenters. The van der Waals surface area contributed by atoms with Crippen LogP contribution in [0.25, 0.3) is 0 Å². The number of para-hydroxylation sites is 1. The Balaban J connectivity index is 2.26. The number of nitrogens with one attached hydrogen (secondary N) is 1. The zero-order valence-corrected chi connectivity index (χ0v) is 10.2. The third-order valence-electron chi connectivity index (χ3n) is 2.07. The molecule has 0 radical (unpaired) electrons. The molecule has 0 aliphatic rings. The zero-order valence-electron chi connectivity index (χ0n) is 8.63. The quantitative estimate of drug-likeness (QED) is 0.534. The van der Waals surface area contributed by atoms with Gasteiger partial charge in [0.05, 0.1) is 5.69 Å². The number of halogens is 1. The minimum atomic E-state index is -0.531. The maximum absolute atomic E-state index is 10.5. The van der Waals surface area contributed by atoms with Crippen molar-refractivity contribution in [1.82, 2.24) is 4.98 Å². The van der Waals surface area contributed by atoms with Gasteiger partial charge in [-0.05, 0) is 28.1 Å².